The highest BCUT2D eigenvalue weighted by Crippen LogP contribution is 2.34. The molecule has 0 aliphatic carbocycles. The molecule has 0 aromatic carbocycles. The van der Waals surface area contributed by atoms with Crippen molar-refractivity contribution >= 4 is 0 Å². The second kappa shape index (κ2) is 20.0. The summed E-state index contributed by atoms with van der Waals surface area (Å²) >= 11 is 0. The van der Waals surface area contributed by atoms with Crippen molar-refractivity contribution in [3.05, 3.63) is 75.9 Å². The van der Waals surface area contributed by atoms with Crippen LogP contribution in [0.3, 0.4) is 0 Å². The summed E-state index contributed by atoms with van der Waals surface area (Å²) < 4.78 is 54.7. The second-order valence-electron chi connectivity index (χ2n) is 9.15. The molecule has 2 fully saturated rings. The fourth-order valence-electron chi connectivity index (χ4n) is 4.50. The van der Waals surface area contributed by atoms with Crippen LogP contribution in [-0.4, -0.2) is 124 Å². The summed E-state index contributed by atoms with van der Waals surface area (Å²) in [5, 5.41) is 20.9. The minimum Gasteiger partial charge on any atom is -0.394 e. The van der Waals surface area contributed by atoms with Crippen molar-refractivity contribution in [1.29, 1.82) is 0 Å². The molecule has 0 radical (unpaired) electrons. The van der Waals surface area contributed by atoms with E-state index >= 15 is 0 Å². The van der Waals surface area contributed by atoms with Crippen LogP contribution in [0.25, 0.3) is 0 Å². The van der Waals surface area contributed by atoms with Gasteiger partial charge in [0, 0.05) is 0 Å². The zero-order chi connectivity index (χ0) is 30.0. The molecule has 2 heterocycles. The summed E-state index contributed by atoms with van der Waals surface area (Å²) in [7, 11) is 0. The van der Waals surface area contributed by atoms with E-state index in [0.29, 0.717) is 0 Å². The Bertz CT molecular complexity index is 805. The van der Waals surface area contributed by atoms with Gasteiger partial charge in [0.2, 0.25) is 0 Å². The van der Waals surface area contributed by atoms with Crippen LogP contribution in [0.15, 0.2) is 75.9 Å². The molecule has 0 bridgehead atoms. The molecule has 0 aromatic rings. The van der Waals surface area contributed by atoms with Crippen LogP contribution in [0, 0.1) is 0 Å². The zero-order valence-electron chi connectivity index (χ0n) is 23.7. The van der Waals surface area contributed by atoms with Gasteiger partial charge in [0.25, 0.3) is 0 Å². The first kappa shape index (κ1) is 35.2. The normalized spacial score (nSPS) is 33.5. The Morgan fingerprint density at radius 1 is 0.537 bits per heavy atom. The van der Waals surface area contributed by atoms with E-state index in [-0.39, 0.29) is 46.2 Å². The molecule has 0 amide bonds. The van der Waals surface area contributed by atoms with Gasteiger partial charge in [0.15, 0.2) is 12.6 Å². The van der Waals surface area contributed by atoms with Gasteiger partial charge in [-0.25, -0.2) is 0 Å². The molecule has 0 aromatic heterocycles. The average molecular weight is 583 g/mol. The van der Waals surface area contributed by atoms with Gasteiger partial charge in [-0.15, -0.1) is 39.5 Å². The first-order chi connectivity index (χ1) is 20.0. The van der Waals surface area contributed by atoms with E-state index in [2.05, 4.69) is 39.5 Å². The Hall–Kier alpha value is -2.00. The van der Waals surface area contributed by atoms with Crippen molar-refractivity contribution < 1.29 is 52.8 Å². The van der Waals surface area contributed by atoms with E-state index in [1.807, 2.05) is 0 Å². The van der Waals surface area contributed by atoms with Gasteiger partial charge in [0.1, 0.15) is 48.8 Å². The largest absolute Gasteiger partial charge is 0.394 e. The first-order valence-corrected chi connectivity index (χ1v) is 13.6. The summed E-state index contributed by atoms with van der Waals surface area (Å²) in [5.74, 6) is 0. The second-order valence-corrected chi connectivity index (χ2v) is 9.15. The lowest BCUT2D eigenvalue weighted by Gasteiger charge is -2.49. The molecule has 2 saturated heterocycles. The standard InChI is InChI=1S/C30H46O11/c1-7-13-33-20-22-24(26(35-15-9-3)28(37-17-11-5)29(40-22)38-18-12-6)41-30-27(36-16-10-4)25(34-14-8-2)23(32)21(19-31)39-30/h7-12,21-32H,1-6,13-20H2/t21-,22-,23-,24-,25+,26+,27-,28-,29-,30-/m1/s1. The van der Waals surface area contributed by atoms with E-state index in [0.717, 1.165) is 0 Å². The third-order valence-electron chi connectivity index (χ3n) is 6.20. The zero-order valence-corrected chi connectivity index (χ0v) is 23.7. The lowest BCUT2D eigenvalue weighted by Crippen LogP contribution is -2.66. The number of hydrogen-bond acceptors (Lipinski definition) is 11. The van der Waals surface area contributed by atoms with Crippen molar-refractivity contribution in [3.63, 3.8) is 0 Å². The van der Waals surface area contributed by atoms with E-state index in [9.17, 15) is 10.2 Å². The Balaban J connectivity index is 2.51. The van der Waals surface area contributed by atoms with Crippen molar-refractivity contribution in [1.82, 2.24) is 0 Å². The van der Waals surface area contributed by atoms with Gasteiger partial charge in [-0.05, 0) is 0 Å². The fourth-order valence-corrected chi connectivity index (χ4v) is 4.50. The molecule has 2 N–H and O–H groups in total. The number of ether oxygens (including phenoxy) is 9. The van der Waals surface area contributed by atoms with Crippen molar-refractivity contribution in [3.8, 4) is 0 Å². The van der Waals surface area contributed by atoms with Gasteiger partial charge in [-0.3, -0.25) is 0 Å². The van der Waals surface area contributed by atoms with Crippen LogP contribution in [0.2, 0.25) is 0 Å². The van der Waals surface area contributed by atoms with Crippen LogP contribution in [0.5, 0.6) is 0 Å². The van der Waals surface area contributed by atoms with Crippen LogP contribution in [-0.2, 0) is 42.6 Å². The maximum absolute atomic E-state index is 10.9. The van der Waals surface area contributed by atoms with E-state index < -0.39 is 68.0 Å². The van der Waals surface area contributed by atoms with Crippen LogP contribution < -0.4 is 0 Å². The van der Waals surface area contributed by atoms with Crippen LogP contribution in [0.1, 0.15) is 0 Å². The molecule has 10 atom stereocenters. The Kier molecular flexibility index (Phi) is 17.2. The lowest BCUT2D eigenvalue weighted by atomic mass is 9.96. The average Bonchev–Trinajstić information content (AvgIpc) is 2.98. The number of hydrogen-bond donors (Lipinski definition) is 2. The summed E-state index contributed by atoms with van der Waals surface area (Å²) in [6.07, 6.45) is 0.276. The Morgan fingerprint density at radius 2 is 1.00 bits per heavy atom. The molecule has 11 nitrogen and oxygen atoms in total. The van der Waals surface area contributed by atoms with Crippen molar-refractivity contribution in [2.24, 2.45) is 0 Å². The predicted octanol–water partition coefficient (Wildman–Crippen LogP) is 1.86. The van der Waals surface area contributed by atoms with Gasteiger partial charge < -0.3 is 52.8 Å². The van der Waals surface area contributed by atoms with E-state index in [1.165, 1.54) is 0 Å². The third kappa shape index (κ3) is 10.3. The minimum absolute atomic E-state index is 0.0834. The molecule has 0 saturated carbocycles. The van der Waals surface area contributed by atoms with Crippen molar-refractivity contribution in [2.75, 3.05) is 52.9 Å². The molecule has 0 spiro atoms. The molecule has 2 aliphatic rings. The van der Waals surface area contributed by atoms with E-state index in [4.69, 9.17) is 42.6 Å². The molecule has 2 rings (SSSR count). The maximum atomic E-state index is 10.9. The Labute approximate surface area is 243 Å². The minimum atomic E-state index is -1.21. The van der Waals surface area contributed by atoms with E-state index in [1.54, 1.807) is 36.5 Å². The van der Waals surface area contributed by atoms with Gasteiger partial charge in [-0.2, -0.15) is 0 Å². The topological polar surface area (TPSA) is 124 Å². The van der Waals surface area contributed by atoms with Crippen LogP contribution in [0.4, 0.5) is 0 Å². The highest BCUT2D eigenvalue weighted by atomic mass is 16.8. The molecular weight excluding hydrogens is 536 g/mol. The number of aliphatic hydroxyl groups is 2. The lowest BCUT2D eigenvalue weighted by molar-refractivity contribution is -0.369. The predicted molar refractivity (Wildman–Crippen MR) is 152 cm³/mol. The van der Waals surface area contributed by atoms with Crippen LogP contribution >= 0.6 is 0 Å². The smallest absolute Gasteiger partial charge is 0.187 e. The number of aliphatic hydroxyl groups excluding tert-OH is 2. The molecule has 0 unspecified atom stereocenters. The summed E-state index contributed by atoms with van der Waals surface area (Å²) in [6.45, 7) is 22.9. The number of rotatable bonds is 22. The third-order valence-corrected chi connectivity index (χ3v) is 6.20. The van der Waals surface area contributed by atoms with Crippen molar-refractivity contribution in [2.45, 2.75) is 61.4 Å². The summed E-state index contributed by atoms with van der Waals surface area (Å²) in [5.41, 5.74) is 0. The monoisotopic (exact) mass is 582 g/mol. The maximum Gasteiger partial charge on any atom is 0.187 e. The van der Waals surface area contributed by atoms with Gasteiger partial charge >= 0.3 is 0 Å². The summed E-state index contributed by atoms with van der Waals surface area (Å²) in [4.78, 5) is 0. The molecule has 232 valence electrons. The SMILES string of the molecule is C=CCOC[C@H]1O[C@@H](OCC=C)[C@H](OCC=C)[C@@H](OCC=C)[C@@H]1O[C@H]1O[C@H](CO)[C@@H](O)[C@H](OCC=C)[C@H]1OCC=C. The molecule has 41 heavy (non-hydrogen) atoms. The highest BCUT2D eigenvalue weighted by molar-refractivity contribution is 4.98. The molecule has 11 heteroatoms. The quantitative estimate of drug-likeness (QED) is 0.144. The summed E-state index contributed by atoms with van der Waals surface area (Å²) in [6, 6.07) is 0. The van der Waals surface area contributed by atoms with Gasteiger partial charge in [-0.1, -0.05) is 36.5 Å². The molecule has 2 aliphatic heterocycles. The Morgan fingerprint density at radius 3 is 1.54 bits per heavy atom. The first-order valence-electron chi connectivity index (χ1n) is 13.6. The molecular formula is C30H46O11. The van der Waals surface area contributed by atoms with Gasteiger partial charge in [0.05, 0.1) is 52.9 Å². The fraction of sp³-hybridized carbons (Fsp3) is 0.600. The highest BCUT2D eigenvalue weighted by Gasteiger charge is 2.53.